The van der Waals surface area contributed by atoms with Crippen LogP contribution in [0.25, 0.3) is 0 Å². The van der Waals surface area contributed by atoms with Gasteiger partial charge in [0.15, 0.2) is 5.78 Å². The maximum atomic E-state index is 13.4. The van der Waals surface area contributed by atoms with Crippen molar-refractivity contribution in [2.75, 3.05) is 5.33 Å². The number of alkyl halides is 1. The first-order chi connectivity index (χ1) is 6.97. The van der Waals surface area contributed by atoms with Gasteiger partial charge in [-0.25, -0.2) is 4.39 Å². The molecule has 0 aliphatic heterocycles. The number of nitro groups is 1. The molecule has 0 bridgehead atoms. The quantitative estimate of drug-likeness (QED) is 0.369. The summed E-state index contributed by atoms with van der Waals surface area (Å²) in [6.07, 6.45) is 0. The number of hydrogen-bond acceptors (Lipinski definition) is 3. The Kier molecular flexibility index (Phi) is 3.52. The molecular formula is C9H7BrFNO3. The Morgan fingerprint density at radius 2 is 2.20 bits per heavy atom. The van der Waals surface area contributed by atoms with Gasteiger partial charge < -0.3 is 0 Å². The number of benzene rings is 1. The Balaban J connectivity index is 3.33. The van der Waals surface area contributed by atoms with Crippen LogP contribution in [0, 0.1) is 22.9 Å². The standard InChI is InChI=1S/C9H7BrFNO3/c1-5-2-6(12(14)15)3-7(11)9(5)8(13)4-10/h2-3H,4H2,1H3. The smallest absolute Gasteiger partial charge is 0.272 e. The van der Waals surface area contributed by atoms with Gasteiger partial charge in [0.1, 0.15) is 5.82 Å². The summed E-state index contributed by atoms with van der Waals surface area (Å²) in [5, 5.41) is 10.4. The molecule has 0 heterocycles. The Morgan fingerprint density at radius 3 is 2.60 bits per heavy atom. The molecule has 0 aliphatic carbocycles. The molecule has 6 heteroatoms. The van der Waals surface area contributed by atoms with E-state index in [9.17, 15) is 19.3 Å². The van der Waals surface area contributed by atoms with E-state index in [-0.39, 0.29) is 22.1 Å². The van der Waals surface area contributed by atoms with Gasteiger partial charge in [-0.15, -0.1) is 0 Å². The minimum Gasteiger partial charge on any atom is -0.293 e. The summed E-state index contributed by atoms with van der Waals surface area (Å²) >= 11 is 2.92. The summed E-state index contributed by atoms with van der Waals surface area (Å²) in [4.78, 5) is 21.0. The molecule has 0 aromatic heterocycles. The van der Waals surface area contributed by atoms with Crippen LogP contribution in [0.2, 0.25) is 0 Å². The summed E-state index contributed by atoms with van der Waals surface area (Å²) in [5.41, 5.74) is -0.181. The molecule has 15 heavy (non-hydrogen) atoms. The highest BCUT2D eigenvalue weighted by molar-refractivity contribution is 9.09. The van der Waals surface area contributed by atoms with Crippen LogP contribution in [0.4, 0.5) is 10.1 Å². The van der Waals surface area contributed by atoms with Crippen molar-refractivity contribution < 1.29 is 14.1 Å². The van der Waals surface area contributed by atoms with Crippen molar-refractivity contribution in [2.45, 2.75) is 6.92 Å². The molecule has 1 rings (SSSR count). The zero-order valence-corrected chi connectivity index (χ0v) is 9.38. The van der Waals surface area contributed by atoms with Crippen molar-refractivity contribution in [3.8, 4) is 0 Å². The Hall–Kier alpha value is -1.30. The Labute approximate surface area is 93.4 Å². The molecule has 0 aliphatic rings. The van der Waals surface area contributed by atoms with Gasteiger partial charge in [0, 0.05) is 6.07 Å². The van der Waals surface area contributed by atoms with Crippen LogP contribution in [0.5, 0.6) is 0 Å². The highest BCUT2D eigenvalue weighted by Crippen LogP contribution is 2.21. The lowest BCUT2D eigenvalue weighted by Crippen LogP contribution is -2.07. The van der Waals surface area contributed by atoms with Crippen LogP contribution < -0.4 is 0 Å². The maximum Gasteiger partial charge on any atom is 0.272 e. The largest absolute Gasteiger partial charge is 0.293 e. The summed E-state index contributed by atoms with van der Waals surface area (Å²) in [7, 11) is 0. The van der Waals surface area contributed by atoms with Crippen LogP contribution in [0.15, 0.2) is 12.1 Å². The maximum absolute atomic E-state index is 13.4. The molecule has 0 radical (unpaired) electrons. The van der Waals surface area contributed by atoms with E-state index in [2.05, 4.69) is 15.9 Å². The van der Waals surface area contributed by atoms with Gasteiger partial charge in [-0.1, -0.05) is 15.9 Å². The first-order valence-electron chi connectivity index (χ1n) is 4.01. The SMILES string of the molecule is Cc1cc([N+](=O)[O-])cc(F)c1C(=O)CBr. The lowest BCUT2D eigenvalue weighted by atomic mass is 10.0. The summed E-state index contributed by atoms with van der Waals surface area (Å²) in [6.45, 7) is 1.46. The average Bonchev–Trinajstić information content (AvgIpc) is 2.16. The monoisotopic (exact) mass is 275 g/mol. The minimum atomic E-state index is -0.855. The van der Waals surface area contributed by atoms with Gasteiger partial charge in [0.25, 0.3) is 5.69 Å². The number of aryl methyl sites for hydroxylation is 1. The second kappa shape index (κ2) is 4.48. The number of nitro benzene ring substituents is 1. The van der Waals surface area contributed by atoms with Crippen LogP contribution in [-0.4, -0.2) is 16.0 Å². The zero-order chi connectivity index (χ0) is 11.6. The predicted octanol–water partition coefficient (Wildman–Crippen LogP) is 2.62. The molecule has 4 nitrogen and oxygen atoms in total. The van der Waals surface area contributed by atoms with E-state index < -0.39 is 16.5 Å². The molecular weight excluding hydrogens is 269 g/mol. The summed E-state index contributed by atoms with van der Waals surface area (Å²) in [6, 6.07) is 1.93. The fraction of sp³-hybridized carbons (Fsp3) is 0.222. The van der Waals surface area contributed by atoms with Gasteiger partial charge in [0.05, 0.1) is 21.9 Å². The van der Waals surface area contributed by atoms with Gasteiger partial charge in [-0.05, 0) is 12.5 Å². The number of Topliss-reactive ketones (excluding diaryl/α,β-unsaturated/α-hetero) is 1. The third-order valence-electron chi connectivity index (χ3n) is 1.88. The van der Waals surface area contributed by atoms with E-state index in [1.165, 1.54) is 13.0 Å². The van der Waals surface area contributed by atoms with Gasteiger partial charge in [0.2, 0.25) is 0 Å². The van der Waals surface area contributed by atoms with Crippen molar-refractivity contribution in [2.24, 2.45) is 0 Å². The first-order valence-corrected chi connectivity index (χ1v) is 5.13. The van der Waals surface area contributed by atoms with E-state index >= 15 is 0 Å². The minimum absolute atomic E-state index is 0.0113. The van der Waals surface area contributed by atoms with Crippen molar-refractivity contribution in [1.82, 2.24) is 0 Å². The normalized spacial score (nSPS) is 10.1. The average molecular weight is 276 g/mol. The van der Waals surface area contributed by atoms with Crippen LogP contribution in [0.1, 0.15) is 15.9 Å². The molecule has 0 saturated carbocycles. The number of carbonyl (C=O) groups excluding carboxylic acids is 1. The lowest BCUT2D eigenvalue weighted by Gasteiger charge is -2.04. The third-order valence-corrected chi connectivity index (χ3v) is 2.39. The Bertz CT molecular complexity index is 410. The number of non-ortho nitro benzene ring substituents is 1. The molecule has 0 unspecified atom stereocenters. The number of carbonyl (C=O) groups is 1. The van der Waals surface area contributed by atoms with E-state index in [4.69, 9.17) is 0 Å². The van der Waals surface area contributed by atoms with Gasteiger partial charge in [-0.2, -0.15) is 0 Å². The lowest BCUT2D eigenvalue weighted by molar-refractivity contribution is -0.385. The van der Waals surface area contributed by atoms with Gasteiger partial charge >= 0.3 is 0 Å². The molecule has 0 amide bonds. The van der Waals surface area contributed by atoms with Crippen molar-refractivity contribution in [3.63, 3.8) is 0 Å². The van der Waals surface area contributed by atoms with Crippen LogP contribution in [-0.2, 0) is 0 Å². The predicted molar refractivity (Wildman–Crippen MR) is 55.9 cm³/mol. The number of hydrogen-bond donors (Lipinski definition) is 0. The van der Waals surface area contributed by atoms with Crippen LogP contribution >= 0.6 is 15.9 Å². The zero-order valence-electron chi connectivity index (χ0n) is 7.79. The number of ketones is 1. The number of halogens is 2. The van der Waals surface area contributed by atoms with Crippen molar-refractivity contribution >= 4 is 27.4 Å². The van der Waals surface area contributed by atoms with E-state index in [0.717, 1.165) is 6.07 Å². The molecule has 1 aromatic carbocycles. The number of rotatable bonds is 3. The Morgan fingerprint density at radius 1 is 1.60 bits per heavy atom. The second-order valence-corrected chi connectivity index (χ2v) is 3.49. The fourth-order valence-corrected chi connectivity index (χ4v) is 1.53. The van der Waals surface area contributed by atoms with Gasteiger partial charge in [-0.3, -0.25) is 14.9 Å². The second-order valence-electron chi connectivity index (χ2n) is 2.93. The first kappa shape index (κ1) is 11.8. The molecule has 0 fully saturated rings. The van der Waals surface area contributed by atoms with E-state index in [1.54, 1.807) is 0 Å². The fourth-order valence-electron chi connectivity index (χ4n) is 1.25. The third kappa shape index (κ3) is 2.38. The van der Waals surface area contributed by atoms with Crippen molar-refractivity contribution in [3.05, 3.63) is 39.2 Å². The van der Waals surface area contributed by atoms with E-state index in [0.29, 0.717) is 0 Å². The summed E-state index contributed by atoms with van der Waals surface area (Å²) < 4.78 is 13.4. The topological polar surface area (TPSA) is 60.2 Å². The molecule has 0 N–H and O–H groups in total. The molecule has 0 saturated heterocycles. The van der Waals surface area contributed by atoms with E-state index in [1.807, 2.05) is 0 Å². The number of nitrogens with zero attached hydrogens (tertiary/aromatic N) is 1. The van der Waals surface area contributed by atoms with Crippen molar-refractivity contribution in [1.29, 1.82) is 0 Å². The highest BCUT2D eigenvalue weighted by atomic mass is 79.9. The molecule has 0 atom stereocenters. The highest BCUT2D eigenvalue weighted by Gasteiger charge is 2.18. The molecule has 80 valence electrons. The molecule has 1 aromatic rings. The molecule has 0 spiro atoms. The summed E-state index contributed by atoms with van der Waals surface area (Å²) in [5.74, 6) is -1.29. The van der Waals surface area contributed by atoms with Crippen LogP contribution in [0.3, 0.4) is 0 Å².